The van der Waals surface area contributed by atoms with E-state index in [-0.39, 0.29) is 5.75 Å². The third kappa shape index (κ3) is 3.43. The fraction of sp³-hybridized carbons (Fsp3) is 0.727. The van der Waals surface area contributed by atoms with E-state index in [9.17, 15) is 8.42 Å². The lowest BCUT2D eigenvalue weighted by Gasteiger charge is -2.10. The van der Waals surface area contributed by atoms with Crippen molar-refractivity contribution in [1.82, 2.24) is 0 Å². The largest absolute Gasteiger partial charge is 0.332 e. The molecule has 0 amide bonds. The molecule has 0 unspecified atom stereocenters. The monoisotopic (exact) mass is 291 g/mol. The van der Waals surface area contributed by atoms with Crippen LogP contribution < -0.4 is 10.3 Å². The quantitative estimate of drug-likeness (QED) is 0.484. The zero-order chi connectivity index (χ0) is 13.2. The molecule has 1 heterocycles. The smallest absolute Gasteiger partial charge is 0.286 e. The molecule has 0 aromatic carbocycles. The molecule has 1 aromatic rings. The predicted molar refractivity (Wildman–Crippen MR) is 71.2 cm³/mol. The van der Waals surface area contributed by atoms with Gasteiger partial charge in [-0.1, -0.05) is 11.3 Å². The van der Waals surface area contributed by atoms with Gasteiger partial charge in [0.25, 0.3) is 10.1 Å². The fourth-order valence-electron chi connectivity index (χ4n) is 2.37. The van der Waals surface area contributed by atoms with Crippen molar-refractivity contribution in [3.8, 4) is 0 Å². The Morgan fingerprint density at radius 3 is 2.72 bits per heavy atom. The summed E-state index contributed by atoms with van der Waals surface area (Å²) in [6, 6.07) is 0. The van der Waals surface area contributed by atoms with E-state index in [1.807, 2.05) is 0 Å². The first-order chi connectivity index (χ1) is 8.47. The number of aromatic nitrogens is 1. The number of rotatable bonds is 5. The van der Waals surface area contributed by atoms with Crippen LogP contribution in [0, 0.1) is 0 Å². The molecule has 0 atom stereocenters. The summed E-state index contributed by atoms with van der Waals surface area (Å²) < 4.78 is 32.0. The molecule has 0 radical (unpaired) electrons. The third-order valence-electron chi connectivity index (χ3n) is 3.24. The van der Waals surface area contributed by atoms with Gasteiger partial charge in [-0.3, -0.25) is 10.3 Å². The van der Waals surface area contributed by atoms with Crippen LogP contribution in [0.2, 0.25) is 0 Å². The Hall–Kier alpha value is -0.660. The highest BCUT2D eigenvalue weighted by Gasteiger charge is 2.23. The van der Waals surface area contributed by atoms with Gasteiger partial charge in [-0.05, 0) is 32.1 Å². The molecule has 102 valence electrons. The zero-order valence-corrected chi connectivity index (χ0v) is 11.9. The lowest BCUT2D eigenvalue weighted by Crippen LogP contribution is -2.39. The van der Waals surface area contributed by atoms with Crippen LogP contribution in [0.4, 0.5) is 5.13 Å². The fourth-order valence-corrected chi connectivity index (χ4v) is 4.08. The second-order valence-electron chi connectivity index (χ2n) is 4.66. The predicted octanol–water partition coefficient (Wildman–Crippen LogP) is 1.16. The molecule has 1 aliphatic rings. The van der Waals surface area contributed by atoms with Crippen LogP contribution in [0.15, 0.2) is 0 Å². The SMILES string of the molecule is Nc1sc2c([n+]1CCCCS(=O)(=O)O)CCCC2. The number of nitrogens with zero attached hydrogens (tertiary/aromatic N) is 1. The van der Waals surface area contributed by atoms with Gasteiger partial charge in [0.05, 0.1) is 17.2 Å². The van der Waals surface area contributed by atoms with Crippen molar-refractivity contribution in [2.45, 2.75) is 45.1 Å². The number of nitrogen functional groups attached to an aromatic ring is 1. The van der Waals surface area contributed by atoms with E-state index in [4.69, 9.17) is 10.3 Å². The van der Waals surface area contributed by atoms with Gasteiger partial charge in [-0.15, -0.1) is 0 Å². The van der Waals surface area contributed by atoms with Gasteiger partial charge < -0.3 is 0 Å². The number of anilines is 1. The van der Waals surface area contributed by atoms with Crippen LogP contribution in [0.5, 0.6) is 0 Å². The average molecular weight is 291 g/mol. The first-order valence-corrected chi connectivity index (χ1v) is 8.65. The molecule has 18 heavy (non-hydrogen) atoms. The van der Waals surface area contributed by atoms with E-state index < -0.39 is 10.1 Å². The van der Waals surface area contributed by atoms with Gasteiger partial charge in [-0.25, -0.2) is 4.57 Å². The van der Waals surface area contributed by atoms with Crippen molar-refractivity contribution in [2.75, 3.05) is 11.5 Å². The van der Waals surface area contributed by atoms with Crippen LogP contribution in [-0.2, 0) is 29.5 Å². The molecule has 3 N–H and O–H groups in total. The number of fused-ring (bicyclic) bond motifs is 1. The Balaban J connectivity index is 1.95. The van der Waals surface area contributed by atoms with Gasteiger partial charge >= 0.3 is 5.13 Å². The molecule has 0 saturated heterocycles. The Kier molecular flexibility index (Phi) is 4.24. The highest BCUT2D eigenvalue weighted by atomic mass is 32.2. The van der Waals surface area contributed by atoms with Crippen molar-refractivity contribution in [3.05, 3.63) is 10.6 Å². The van der Waals surface area contributed by atoms with Crippen LogP contribution in [0.3, 0.4) is 0 Å². The van der Waals surface area contributed by atoms with Crippen molar-refractivity contribution in [3.63, 3.8) is 0 Å². The van der Waals surface area contributed by atoms with Crippen LogP contribution >= 0.6 is 11.3 Å². The molecular weight excluding hydrogens is 272 g/mol. The van der Waals surface area contributed by atoms with Gasteiger partial charge in [0.2, 0.25) is 0 Å². The molecule has 0 spiro atoms. The topological polar surface area (TPSA) is 84.3 Å². The number of nitrogens with two attached hydrogens (primary N) is 1. The van der Waals surface area contributed by atoms with Crippen LogP contribution in [0.25, 0.3) is 0 Å². The lowest BCUT2D eigenvalue weighted by atomic mass is 10.0. The molecule has 1 aromatic heterocycles. The Morgan fingerprint density at radius 1 is 1.28 bits per heavy atom. The standard InChI is InChI=1S/C11H18N2O3S2/c12-11-13(7-3-4-8-18(14,15)16)9-5-1-2-6-10(9)17-11/h12H,1-8H2,(H,14,15,16)/p+1. The Labute approximate surface area is 111 Å². The number of unbranched alkanes of at least 4 members (excludes halogenated alkanes) is 1. The maximum Gasteiger partial charge on any atom is 0.332 e. The molecule has 2 rings (SSSR count). The first kappa shape index (κ1) is 13.8. The normalized spacial score (nSPS) is 15.6. The van der Waals surface area contributed by atoms with Crippen molar-refractivity contribution < 1.29 is 17.5 Å². The molecule has 0 fully saturated rings. The highest BCUT2D eigenvalue weighted by Crippen LogP contribution is 2.26. The lowest BCUT2D eigenvalue weighted by molar-refractivity contribution is -0.687. The van der Waals surface area contributed by atoms with E-state index in [0.29, 0.717) is 6.42 Å². The average Bonchev–Trinajstić information content (AvgIpc) is 2.59. The second kappa shape index (κ2) is 5.54. The van der Waals surface area contributed by atoms with E-state index in [1.54, 1.807) is 11.3 Å². The van der Waals surface area contributed by atoms with Crippen molar-refractivity contribution in [2.24, 2.45) is 0 Å². The van der Waals surface area contributed by atoms with E-state index in [2.05, 4.69) is 4.57 Å². The molecule has 0 aliphatic heterocycles. The highest BCUT2D eigenvalue weighted by molar-refractivity contribution is 7.85. The summed E-state index contributed by atoms with van der Waals surface area (Å²) in [4.78, 5) is 1.38. The summed E-state index contributed by atoms with van der Waals surface area (Å²) in [7, 11) is -3.83. The molecular formula is C11H19N2O3S2+. The van der Waals surface area contributed by atoms with Crippen LogP contribution in [-0.4, -0.2) is 18.7 Å². The van der Waals surface area contributed by atoms with Gasteiger partial charge in [0.1, 0.15) is 5.69 Å². The molecule has 0 bridgehead atoms. The van der Waals surface area contributed by atoms with Crippen molar-refractivity contribution >= 4 is 26.6 Å². The maximum absolute atomic E-state index is 10.6. The summed E-state index contributed by atoms with van der Waals surface area (Å²) in [6.07, 6.45) is 5.81. The Morgan fingerprint density at radius 2 is 2.00 bits per heavy atom. The van der Waals surface area contributed by atoms with Gasteiger partial charge in [-0.2, -0.15) is 8.42 Å². The summed E-state index contributed by atoms with van der Waals surface area (Å²) >= 11 is 1.65. The number of hydrogen-bond acceptors (Lipinski definition) is 4. The van der Waals surface area contributed by atoms with Crippen LogP contribution in [0.1, 0.15) is 36.3 Å². The first-order valence-electron chi connectivity index (χ1n) is 6.22. The molecule has 1 aliphatic carbocycles. The summed E-state index contributed by atoms with van der Waals surface area (Å²) in [5, 5.41) is 0.814. The van der Waals surface area contributed by atoms with E-state index in [0.717, 1.165) is 30.9 Å². The number of hydrogen-bond donors (Lipinski definition) is 2. The summed E-state index contributed by atoms with van der Waals surface area (Å²) in [5.74, 6) is -0.167. The Bertz CT molecular complexity index is 523. The third-order valence-corrected chi connectivity index (χ3v) is 5.16. The molecule has 5 nitrogen and oxygen atoms in total. The maximum atomic E-state index is 10.6. The second-order valence-corrected chi connectivity index (χ2v) is 7.35. The molecule has 0 saturated carbocycles. The van der Waals surface area contributed by atoms with Gasteiger partial charge in [0.15, 0.2) is 0 Å². The minimum absolute atomic E-state index is 0.167. The van der Waals surface area contributed by atoms with Crippen molar-refractivity contribution in [1.29, 1.82) is 0 Å². The van der Waals surface area contributed by atoms with E-state index >= 15 is 0 Å². The summed E-state index contributed by atoms with van der Waals surface area (Å²) in [6.45, 7) is 0.743. The minimum atomic E-state index is -3.83. The van der Waals surface area contributed by atoms with Gasteiger partial charge in [0, 0.05) is 6.42 Å². The van der Waals surface area contributed by atoms with E-state index in [1.165, 1.54) is 23.4 Å². The minimum Gasteiger partial charge on any atom is -0.286 e. The zero-order valence-electron chi connectivity index (χ0n) is 10.3. The number of thiazole rings is 1. The number of aryl methyl sites for hydroxylation is 1. The summed E-state index contributed by atoms with van der Waals surface area (Å²) in [5.41, 5.74) is 7.33. The molecule has 7 heteroatoms.